The quantitative estimate of drug-likeness (QED) is 0.498. The fourth-order valence-electron chi connectivity index (χ4n) is 3.42. The summed E-state index contributed by atoms with van der Waals surface area (Å²) in [6.07, 6.45) is 10.9. The van der Waals surface area contributed by atoms with Crippen LogP contribution in [0.2, 0.25) is 0 Å². The molecule has 21 heavy (non-hydrogen) atoms. The number of hydrogen-bond acceptors (Lipinski definition) is 2. The van der Waals surface area contributed by atoms with E-state index in [-0.39, 0.29) is 5.97 Å². The van der Waals surface area contributed by atoms with Crippen LogP contribution in [-0.4, -0.2) is 5.97 Å². The highest BCUT2D eigenvalue weighted by Gasteiger charge is 2.20. The molecule has 0 N–H and O–H groups in total. The molecule has 1 saturated carbocycles. The summed E-state index contributed by atoms with van der Waals surface area (Å²) in [6.45, 7) is 2.28. The first-order valence-electron chi connectivity index (χ1n) is 8.53. The predicted octanol–water partition coefficient (Wildman–Crippen LogP) is 5.37. The van der Waals surface area contributed by atoms with Crippen molar-refractivity contribution in [2.45, 2.75) is 64.7 Å². The van der Waals surface area contributed by atoms with Gasteiger partial charge in [0.25, 0.3) is 0 Å². The van der Waals surface area contributed by atoms with Crippen molar-refractivity contribution in [3.05, 3.63) is 30.3 Å². The van der Waals surface area contributed by atoms with Gasteiger partial charge in [-0.15, -0.1) is 0 Å². The molecule has 1 fully saturated rings. The van der Waals surface area contributed by atoms with E-state index in [0.717, 1.165) is 18.3 Å². The normalized spacial score (nSPS) is 22.0. The lowest BCUT2D eigenvalue weighted by Gasteiger charge is -2.28. The average Bonchev–Trinajstić information content (AvgIpc) is 2.50. The first-order chi connectivity index (χ1) is 10.3. The number of para-hydroxylation sites is 1. The molecule has 0 aliphatic heterocycles. The molecule has 2 nitrogen and oxygen atoms in total. The lowest BCUT2D eigenvalue weighted by molar-refractivity contribution is -0.134. The van der Waals surface area contributed by atoms with Crippen molar-refractivity contribution in [2.75, 3.05) is 0 Å². The SMILES string of the molecule is CCCC1CCC(CCCC(=O)Oc2ccccc2)CC1. The van der Waals surface area contributed by atoms with E-state index in [0.29, 0.717) is 12.2 Å². The van der Waals surface area contributed by atoms with Gasteiger partial charge in [0.15, 0.2) is 0 Å². The molecule has 0 amide bonds. The number of hydrogen-bond donors (Lipinski definition) is 0. The number of benzene rings is 1. The summed E-state index contributed by atoms with van der Waals surface area (Å²) in [4.78, 5) is 11.8. The molecule has 1 aliphatic carbocycles. The molecule has 1 aromatic carbocycles. The molecule has 0 aromatic heterocycles. The van der Waals surface area contributed by atoms with Crippen LogP contribution in [0.1, 0.15) is 64.7 Å². The van der Waals surface area contributed by atoms with Gasteiger partial charge >= 0.3 is 5.97 Å². The molecule has 116 valence electrons. The van der Waals surface area contributed by atoms with Crippen LogP contribution in [0.3, 0.4) is 0 Å². The second-order valence-corrected chi connectivity index (χ2v) is 6.35. The lowest BCUT2D eigenvalue weighted by Crippen LogP contribution is -2.15. The number of rotatable bonds is 7. The summed E-state index contributed by atoms with van der Waals surface area (Å²) < 4.78 is 5.31. The Balaban J connectivity index is 1.58. The Bertz CT molecular complexity index is 405. The highest BCUT2D eigenvalue weighted by Crippen LogP contribution is 2.34. The van der Waals surface area contributed by atoms with Gasteiger partial charge in [0, 0.05) is 6.42 Å². The molecule has 2 rings (SSSR count). The van der Waals surface area contributed by atoms with Gasteiger partial charge < -0.3 is 4.74 Å². The van der Waals surface area contributed by atoms with Gasteiger partial charge in [0.05, 0.1) is 0 Å². The molecular formula is C19H28O2. The van der Waals surface area contributed by atoms with Crippen molar-refractivity contribution >= 4 is 5.97 Å². The van der Waals surface area contributed by atoms with E-state index < -0.39 is 0 Å². The first-order valence-corrected chi connectivity index (χ1v) is 8.53. The van der Waals surface area contributed by atoms with Crippen LogP contribution < -0.4 is 4.74 Å². The molecule has 0 heterocycles. The summed E-state index contributed by atoms with van der Waals surface area (Å²) in [5, 5.41) is 0. The Morgan fingerprint density at radius 3 is 2.29 bits per heavy atom. The third-order valence-electron chi connectivity index (χ3n) is 4.63. The van der Waals surface area contributed by atoms with Crippen LogP contribution in [0.4, 0.5) is 0 Å². The van der Waals surface area contributed by atoms with Crippen LogP contribution >= 0.6 is 0 Å². The Morgan fingerprint density at radius 1 is 1.05 bits per heavy atom. The van der Waals surface area contributed by atoms with E-state index in [2.05, 4.69) is 6.92 Å². The third kappa shape index (κ3) is 5.91. The van der Waals surface area contributed by atoms with Crippen molar-refractivity contribution in [3.8, 4) is 5.75 Å². The molecule has 0 atom stereocenters. The zero-order valence-electron chi connectivity index (χ0n) is 13.2. The highest BCUT2D eigenvalue weighted by atomic mass is 16.5. The van der Waals surface area contributed by atoms with Crippen molar-refractivity contribution in [2.24, 2.45) is 11.8 Å². The van der Waals surface area contributed by atoms with Crippen molar-refractivity contribution < 1.29 is 9.53 Å². The Morgan fingerprint density at radius 2 is 1.67 bits per heavy atom. The minimum atomic E-state index is -0.0964. The molecule has 0 spiro atoms. The molecule has 0 bridgehead atoms. The smallest absolute Gasteiger partial charge is 0.311 e. The topological polar surface area (TPSA) is 26.3 Å². The minimum Gasteiger partial charge on any atom is -0.427 e. The summed E-state index contributed by atoms with van der Waals surface area (Å²) in [5.74, 6) is 2.36. The van der Waals surface area contributed by atoms with E-state index in [1.54, 1.807) is 0 Å². The van der Waals surface area contributed by atoms with Crippen LogP contribution in [0.25, 0.3) is 0 Å². The highest BCUT2D eigenvalue weighted by molar-refractivity contribution is 5.72. The van der Waals surface area contributed by atoms with Crippen LogP contribution in [0.5, 0.6) is 5.75 Å². The molecule has 1 aliphatic rings. The Hall–Kier alpha value is -1.31. The van der Waals surface area contributed by atoms with E-state index >= 15 is 0 Å². The van der Waals surface area contributed by atoms with Crippen LogP contribution in [0.15, 0.2) is 30.3 Å². The number of carbonyl (C=O) groups excluding carboxylic acids is 1. The Kier molecular flexibility index (Phi) is 6.78. The van der Waals surface area contributed by atoms with Crippen molar-refractivity contribution in [1.82, 2.24) is 0 Å². The second-order valence-electron chi connectivity index (χ2n) is 6.35. The molecule has 2 heteroatoms. The minimum absolute atomic E-state index is 0.0964. The number of esters is 1. The summed E-state index contributed by atoms with van der Waals surface area (Å²) in [6, 6.07) is 9.35. The summed E-state index contributed by atoms with van der Waals surface area (Å²) >= 11 is 0. The van der Waals surface area contributed by atoms with Gasteiger partial charge in [-0.1, -0.05) is 63.6 Å². The summed E-state index contributed by atoms with van der Waals surface area (Å²) in [7, 11) is 0. The van der Waals surface area contributed by atoms with Gasteiger partial charge in [-0.25, -0.2) is 0 Å². The van der Waals surface area contributed by atoms with E-state index in [1.807, 2.05) is 30.3 Å². The molecular weight excluding hydrogens is 260 g/mol. The zero-order chi connectivity index (χ0) is 14.9. The van der Waals surface area contributed by atoms with E-state index in [4.69, 9.17) is 4.74 Å². The van der Waals surface area contributed by atoms with Gasteiger partial charge in [0.2, 0.25) is 0 Å². The lowest BCUT2D eigenvalue weighted by atomic mass is 9.78. The van der Waals surface area contributed by atoms with Crippen molar-refractivity contribution in [1.29, 1.82) is 0 Å². The maximum Gasteiger partial charge on any atom is 0.311 e. The molecule has 0 radical (unpaired) electrons. The Labute approximate surface area is 128 Å². The van der Waals surface area contributed by atoms with Gasteiger partial charge in [-0.05, 0) is 36.8 Å². The third-order valence-corrected chi connectivity index (χ3v) is 4.63. The second kappa shape index (κ2) is 8.86. The van der Waals surface area contributed by atoms with Crippen LogP contribution in [0, 0.1) is 11.8 Å². The molecule has 1 aromatic rings. The van der Waals surface area contributed by atoms with E-state index in [9.17, 15) is 4.79 Å². The maximum atomic E-state index is 11.8. The standard InChI is InChI=1S/C19H28O2/c1-2-7-16-12-14-17(15-13-16)8-6-11-19(20)21-18-9-4-3-5-10-18/h3-5,9-10,16-17H,2,6-8,11-15H2,1H3. The number of ether oxygens (including phenoxy) is 1. The van der Waals surface area contributed by atoms with Gasteiger partial charge in [-0.3, -0.25) is 4.79 Å². The van der Waals surface area contributed by atoms with Gasteiger partial charge in [-0.2, -0.15) is 0 Å². The van der Waals surface area contributed by atoms with Crippen LogP contribution in [-0.2, 0) is 4.79 Å². The maximum absolute atomic E-state index is 11.8. The monoisotopic (exact) mass is 288 g/mol. The van der Waals surface area contributed by atoms with Gasteiger partial charge in [0.1, 0.15) is 5.75 Å². The first kappa shape index (κ1) is 16.1. The fraction of sp³-hybridized carbons (Fsp3) is 0.632. The average molecular weight is 288 g/mol. The zero-order valence-corrected chi connectivity index (χ0v) is 13.2. The number of carbonyl (C=O) groups is 1. The van der Waals surface area contributed by atoms with E-state index in [1.165, 1.54) is 44.9 Å². The predicted molar refractivity (Wildman–Crippen MR) is 86.3 cm³/mol. The summed E-state index contributed by atoms with van der Waals surface area (Å²) in [5.41, 5.74) is 0. The molecule has 0 saturated heterocycles. The largest absolute Gasteiger partial charge is 0.427 e. The van der Waals surface area contributed by atoms with Crippen molar-refractivity contribution in [3.63, 3.8) is 0 Å². The fourth-order valence-corrected chi connectivity index (χ4v) is 3.42. The molecule has 0 unspecified atom stereocenters.